The molecule has 1 rings (SSSR count). The molecule has 1 aromatic rings. The molecule has 0 heterocycles. The fraction of sp³-hybridized carbons (Fsp3) is 0.222. The van der Waals surface area contributed by atoms with Crippen LogP contribution in [-0.2, 0) is 0 Å². The second-order valence-corrected chi connectivity index (χ2v) is 2.92. The molecule has 0 aliphatic rings. The van der Waals surface area contributed by atoms with Crippen LogP contribution in [0.4, 0.5) is 5.69 Å². The number of nitrogens with two attached hydrogens (primary N) is 2. The molecule has 0 saturated heterocycles. The lowest BCUT2D eigenvalue weighted by Gasteiger charge is -2.01. The fourth-order valence-corrected chi connectivity index (χ4v) is 1.12. The van der Waals surface area contributed by atoms with Gasteiger partial charge in [-0.15, -0.1) is 0 Å². The largest absolute Gasteiger partial charge is 0.397 e. The molecule has 0 unspecified atom stereocenters. The van der Waals surface area contributed by atoms with Gasteiger partial charge in [0.05, 0.1) is 11.3 Å². The highest BCUT2D eigenvalue weighted by Gasteiger charge is 2.06. The van der Waals surface area contributed by atoms with Crippen molar-refractivity contribution in [1.29, 1.82) is 0 Å². The summed E-state index contributed by atoms with van der Waals surface area (Å²) >= 11 is 3.18. The maximum atomic E-state index is 10.7. The van der Waals surface area contributed by atoms with Crippen LogP contribution in [0.1, 0.15) is 24.2 Å². The van der Waals surface area contributed by atoms with Gasteiger partial charge in [-0.05, 0) is 28.1 Å². The van der Waals surface area contributed by atoms with E-state index in [1.807, 2.05) is 13.8 Å². The molecule has 0 atom stereocenters. The van der Waals surface area contributed by atoms with Gasteiger partial charge in [0.2, 0.25) is 0 Å². The Balaban J connectivity index is 0.000000671. The third-order valence-electron chi connectivity index (χ3n) is 1.32. The summed E-state index contributed by atoms with van der Waals surface area (Å²) in [6.07, 6.45) is 0. The molecular formula is C9H13BrN2O. The van der Waals surface area contributed by atoms with Gasteiger partial charge in [0.15, 0.2) is 0 Å². The van der Waals surface area contributed by atoms with E-state index < -0.39 is 5.91 Å². The molecule has 1 aromatic carbocycles. The molecule has 0 saturated carbocycles. The first kappa shape index (κ1) is 12.0. The van der Waals surface area contributed by atoms with Gasteiger partial charge in [0, 0.05) is 4.47 Å². The second kappa shape index (κ2) is 5.59. The van der Waals surface area contributed by atoms with Gasteiger partial charge in [-0.25, -0.2) is 0 Å². The van der Waals surface area contributed by atoms with Gasteiger partial charge < -0.3 is 11.5 Å². The lowest BCUT2D eigenvalue weighted by atomic mass is 10.2. The zero-order valence-corrected chi connectivity index (χ0v) is 9.26. The number of primary amides is 1. The van der Waals surface area contributed by atoms with Crippen molar-refractivity contribution in [2.24, 2.45) is 5.73 Å². The average Bonchev–Trinajstić information content (AvgIpc) is 2.13. The maximum absolute atomic E-state index is 10.7. The average molecular weight is 245 g/mol. The van der Waals surface area contributed by atoms with Crippen LogP contribution >= 0.6 is 15.9 Å². The van der Waals surface area contributed by atoms with Crippen molar-refractivity contribution in [3.63, 3.8) is 0 Å². The number of para-hydroxylation sites is 1. The van der Waals surface area contributed by atoms with Gasteiger partial charge in [0.1, 0.15) is 0 Å². The molecule has 3 nitrogen and oxygen atoms in total. The van der Waals surface area contributed by atoms with E-state index in [4.69, 9.17) is 11.5 Å². The molecule has 0 spiro atoms. The SMILES string of the molecule is CC.NC(=O)c1cccc(Br)c1N. The van der Waals surface area contributed by atoms with Gasteiger partial charge in [0.25, 0.3) is 5.91 Å². The van der Waals surface area contributed by atoms with E-state index in [-0.39, 0.29) is 0 Å². The van der Waals surface area contributed by atoms with Gasteiger partial charge in [-0.3, -0.25) is 4.79 Å². The highest BCUT2D eigenvalue weighted by Crippen LogP contribution is 2.22. The van der Waals surface area contributed by atoms with E-state index in [1.54, 1.807) is 18.2 Å². The summed E-state index contributed by atoms with van der Waals surface area (Å²) in [6.45, 7) is 4.00. The van der Waals surface area contributed by atoms with E-state index in [0.717, 1.165) is 0 Å². The van der Waals surface area contributed by atoms with Crippen molar-refractivity contribution in [2.45, 2.75) is 13.8 Å². The monoisotopic (exact) mass is 244 g/mol. The molecule has 0 bridgehead atoms. The van der Waals surface area contributed by atoms with Gasteiger partial charge >= 0.3 is 0 Å². The predicted octanol–water partition coefficient (Wildman–Crippen LogP) is 2.16. The highest BCUT2D eigenvalue weighted by atomic mass is 79.9. The predicted molar refractivity (Wildman–Crippen MR) is 58.4 cm³/mol. The number of halogens is 1. The van der Waals surface area contributed by atoms with Crippen molar-refractivity contribution in [3.05, 3.63) is 28.2 Å². The Morgan fingerprint density at radius 2 is 1.92 bits per heavy atom. The minimum absolute atomic E-state index is 0.347. The molecular weight excluding hydrogens is 232 g/mol. The lowest BCUT2D eigenvalue weighted by molar-refractivity contribution is 0.100. The topological polar surface area (TPSA) is 69.1 Å². The molecule has 4 N–H and O–H groups in total. The van der Waals surface area contributed by atoms with Crippen molar-refractivity contribution >= 4 is 27.5 Å². The molecule has 0 aliphatic heterocycles. The van der Waals surface area contributed by atoms with Crippen LogP contribution in [0.3, 0.4) is 0 Å². The Hall–Kier alpha value is -1.03. The number of carbonyl (C=O) groups is 1. The Kier molecular flexibility index (Phi) is 5.14. The van der Waals surface area contributed by atoms with E-state index in [2.05, 4.69) is 15.9 Å². The molecule has 13 heavy (non-hydrogen) atoms. The van der Waals surface area contributed by atoms with Crippen LogP contribution < -0.4 is 11.5 Å². The molecule has 0 radical (unpaired) electrons. The summed E-state index contributed by atoms with van der Waals surface area (Å²) in [5, 5.41) is 0. The standard InChI is InChI=1S/C7H7BrN2O.C2H6/c8-5-3-1-2-4(6(5)9)7(10)11;1-2/h1-3H,9H2,(H2,10,11);1-2H3. The first-order valence-electron chi connectivity index (χ1n) is 3.96. The van der Waals surface area contributed by atoms with Crippen LogP contribution in [0.5, 0.6) is 0 Å². The summed E-state index contributed by atoms with van der Waals surface area (Å²) in [6, 6.07) is 5.05. The zero-order valence-electron chi connectivity index (χ0n) is 7.67. The Labute approximate surface area is 86.2 Å². The molecule has 1 amide bonds. The van der Waals surface area contributed by atoms with Crippen LogP contribution in [0, 0.1) is 0 Å². The van der Waals surface area contributed by atoms with Crippen molar-refractivity contribution in [2.75, 3.05) is 5.73 Å². The van der Waals surface area contributed by atoms with E-state index >= 15 is 0 Å². The normalized spacial score (nSPS) is 8.54. The molecule has 0 aromatic heterocycles. The number of hydrogen-bond donors (Lipinski definition) is 2. The summed E-state index contributed by atoms with van der Waals surface area (Å²) in [7, 11) is 0. The third kappa shape index (κ3) is 3.06. The van der Waals surface area contributed by atoms with Crippen molar-refractivity contribution < 1.29 is 4.79 Å². The van der Waals surface area contributed by atoms with Crippen LogP contribution in [0.25, 0.3) is 0 Å². The number of hydrogen-bond acceptors (Lipinski definition) is 2. The maximum Gasteiger partial charge on any atom is 0.250 e. The van der Waals surface area contributed by atoms with Gasteiger partial charge in [-0.1, -0.05) is 19.9 Å². The van der Waals surface area contributed by atoms with E-state index in [1.165, 1.54) is 0 Å². The Morgan fingerprint density at radius 1 is 1.38 bits per heavy atom. The minimum Gasteiger partial charge on any atom is -0.397 e. The first-order chi connectivity index (χ1) is 6.13. The number of carbonyl (C=O) groups excluding carboxylic acids is 1. The molecule has 4 heteroatoms. The second-order valence-electron chi connectivity index (χ2n) is 2.07. The summed E-state index contributed by atoms with van der Waals surface area (Å²) in [4.78, 5) is 10.7. The van der Waals surface area contributed by atoms with Crippen LogP contribution in [0.2, 0.25) is 0 Å². The summed E-state index contributed by atoms with van der Waals surface area (Å²) in [5.74, 6) is -0.510. The van der Waals surface area contributed by atoms with E-state index in [0.29, 0.717) is 15.7 Å². The van der Waals surface area contributed by atoms with E-state index in [9.17, 15) is 4.79 Å². The number of amides is 1. The van der Waals surface area contributed by atoms with Crippen molar-refractivity contribution in [3.8, 4) is 0 Å². The lowest BCUT2D eigenvalue weighted by Crippen LogP contribution is -2.13. The summed E-state index contributed by atoms with van der Waals surface area (Å²) in [5.41, 5.74) is 11.3. The number of benzene rings is 1. The Bertz CT molecular complexity index is 300. The highest BCUT2D eigenvalue weighted by molar-refractivity contribution is 9.10. The number of nitrogen functional groups attached to an aromatic ring is 1. The third-order valence-corrected chi connectivity index (χ3v) is 2.01. The quantitative estimate of drug-likeness (QED) is 0.744. The number of anilines is 1. The zero-order chi connectivity index (χ0) is 10.4. The van der Waals surface area contributed by atoms with Crippen LogP contribution in [0.15, 0.2) is 22.7 Å². The fourth-order valence-electron chi connectivity index (χ4n) is 0.752. The smallest absolute Gasteiger partial charge is 0.250 e. The molecule has 0 fully saturated rings. The summed E-state index contributed by atoms with van der Waals surface area (Å²) < 4.78 is 0.689. The molecule has 72 valence electrons. The number of rotatable bonds is 1. The van der Waals surface area contributed by atoms with Gasteiger partial charge in [-0.2, -0.15) is 0 Å². The Morgan fingerprint density at radius 3 is 2.31 bits per heavy atom. The molecule has 0 aliphatic carbocycles. The minimum atomic E-state index is -0.510. The van der Waals surface area contributed by atoms with Crippen molar-refractivity contribution in [1.82, 2.24) is 0 Å². The van der Waals surface area contributed by atoms with Crippen LogP contribution in [-0.4, -0.2) is 5.91 Å². The first-order valence-corrected chi connectivity index (χ1v) is 4.76.